The molecule has 0 fully saturated rings. The van der Waals surface area contributed by atoms with Crippen LogP contribution >= 0.6 is 15.9 Å². The lowest BCUT2D eigenvalue weighted by Crippen LogP contribution is -2.13. The summed E-state index contributed by atoms with van der Waals surface area (Å²) in [6, 6.07) is 0. The van der Waals surface area contributed by atoms with E-state index in [4.69, 9.17) is 14.2 Å². The molecule has 1 unspecified atom stereocenters. The summed E-state index contributed by atoms with van der Waals surface area (Å²) in [7, 11) is 1.62. The average molecular weight is 397 g/mol. The van der Waals surface area contributed by atoms with Crippen LogP contribution in [0.15, 0.2) is 6.20 Å². The zero-order valence-corrected chi connectivity index (χ0v) is 15.4. The molecule has 24 heavy (non-hydrogen) atoms. The zero-order valence-electron chi connectivity index (χ0n) is 13.9. The van der Waals surface area contributed by atoms with E-state index in [9.17, 15) is 4.79 Å². The minimum atomic E-state index is -0.747. The van der Waals surface area contributed by atoms with Crippen molar-refractivity contribution in [3.8, 4) is 5.88 Å². The molecule has 0 spiro atoms. The summed E-state index contributed by atoms with van der Waals surface area (Å²) >= 11 is 3.63. The van der Waals surface area contributed by atoms with Crippen LogP contribution in [0.3, 0.4) is 0 Å². The molecule has 2 aromatic rings. The van der Waals surface area contributed by atoms with Gasteiger partial charge in [-0.2, -0.15) is 0 Å². The Balaban J connectivity index is 2.13. The molecule has 130 valence electrons. The number of aryl methyl sites for hydroxylation is 1. The molecule has 0 aromatic carbocycles. The van der Waals surface area contributed by atoms with Crippen LogP contribution in [-0.2, 0) is 22.5 Å². The molecule has 0 bridgehead atoms. The van der Waals surface area contributed by atoms with Gasteiger partial charge in [0.25, 0.3) is 0 Å². The summed E-state index contributed by atoms with van der Waals surface area (Å²) in [4.78, 5) is 19.5. The molecule has 3 rings (SSSR count). The van der Waals surface area contributed by atoms with Gasteiger partial charge in [-0.3, -0.25) is 0 Å². The van der Waals surface area contributed by atoms with E-state index < -0.39 is 6.16 Å². The van der Waals surface area contributed by atoms with Crippen LogP contribution in [0.1, 0.15) is 42.5 Å². The van der Waals surface area contributed by atoms with Gasteiger partial charge in [-0.1, -0.05) is 15.9 Å². The van der Waals surface area contributed by atoms with E-state index in [1.165, 1.54) is 11.3 Å². The number of hydrogen-bond acceptors (Lipinski definition) is 5. The second-order valence-electron chi connectivity index (χ2n) is 5.81. The van der Waals surface area contributed by atoms with Gasteiger partial charge >= 0.3 is 6.16 Å². The largest absolute Gasteiger partial charge is 0.515 e. The number of carbonyl (C=O) groups excluding carboxylic acids is 1. The molecular weight excluding hydrogens is 376 g/mol. The topological polar surface area (TPSA) is 73.4 Å². The second-order valence-corrected chi connectivity index (χ2v) is 6.46. The van der Waals surface area contributed by atoms with Crippen LogP contribution in [-0.4, -0.2) is 35.2 Å². The minimum Gasteiger partial charge on any atom is -0.434 e. The highest BCUT2D eigenvalue weighted by Gasteiger charge is 2.27. The number of halogens is 1. The maximum atomic E-state index is 11.7. The van der Waals surface area contributed by atoms with Crippen LogP contribution in [0, 0.1) is 0 Å². The van der Waals surface area contributed by atoms with E-state index in [-0.39, 0.29) is 12.5 Å². The summed E-state index contributed by atoms with van der Waals surface area (Å²) in [5.74, 6) is 0.680. The number of nitrogens with one attached hydrogen (secondary N) is 1. The molecule has 1 atom stereocenters. The Morgan fingerprint density at radius 1 is 1.50 bits per heavy atom. The summed E-state index contributed by atoms with van der Waals surface area (Å²) in [6.07, 6.45) is 4.28. The Morgan fingerprint density at radius 2 is 2.33 bits per heavy atom. The maximum Gasteiger partial charge on any atom is 0.515 e. The number of nitrogens with zero attached hydrogens (tertiary/aromatic N) is 1. The standard InChI is InChI=1S/C17H21BrN2O4/c1-3-23-17(21)24-16-11(9-22-2)15-13(8-19-16)20-12-6-4-5-10(7-18)14(12)15/h8,10,20H,3-7,9H2,1-2H3. The molecule has 0 amide bonds. The number of alkyl halides is 1. The Morgan fingerprint density at radius 3 is 3.04 bits per heavy atom. The predicted octanol–water partition coefficient (Wildman–Crippen LogP) is 4.06. The number of fused-ring (bicyclic) bond motifs is 3. The van der Waals surface area contributed by atoms with E-state index in [0.29, 0.717) is 12.5 Å². The monoisotopic (exact) mass is 396 g/mol. The number of hydrogen-bond donors (Lipinski definition) is 1. The SMILES string of the molecule is CCOC(=O)Oc1ncc2[nH]c3c(c2c1COC)C(CBr)CCC3. The van der Waals surface area contributed by atoms with Crippen molar-refractivity contribution >= 4 is 33.0 Å². The zero-order chi connectivity index (χ0) is 17.1. The third-order valence-electron chi connectivity index (χ3n) is 4.32. The summed E-state index contributed by atoms with van der Waals surface area (Å²) in [6.45, 7) is 2.31. The Kier molecular flexibility index (Phi) is 5.40. The Hall–Kier alpha value is -1.60. The first-order chi connectivity index (χ1) is 11.7. The first kappa shape index (κ1) is 17.2. The number of methoxy groups -OCH3 is 1. The summed E-state index contributed by atoms with van der Waals surface area (Å²) in [5, 5.41) is 1.96. The van der Waals surface area contributed by atoms with Gasteiger partial charge in [0.2, 0.25) is 5.88 Å². The van der Waals surface area contributed by atoms with Crippen molar-refractivity contribution in [1.29, 1.82) is 0 Å². The molecule has 2 aromatic heterocycles. The molecule has 1 aliphatic rings. The van der Waals surface area contributed by atoms with E-state index in [0.717, 1.165) is 41.1 Å². The number of rotatable bonds is 5. The van der Waals surface area contributed by atoms with Gasteiger partial charge in [0.15, 0.2) is 0 Å². The number of aromatic nitrogens is 2. The summed E-state index contributed by atoms with van der Waals surface area (Å²) in [5.41, 5.74) is 4.27. The quantitative estimate of drug-likeness (QED) is 0.609. The van der Waals surface area contributed by atoms with Gasteiger partial charge in [0.05, 0.1) is 30.5 Å². The number of carbonyl (C=O) groups is 1. The Bertz CT molecular complexity index is 744. The highest BCUT2D eigenvalue weighted by atomic mass is 79.9. The van der Waals surface area contributed by atoms with Gasteiger partial charge in [-0.05, 0) is 37.7 Å². The number of pyridine rings is 1. The fourth-order valence-electron chi connectivity index (χ4n) is 3.38. The Labute approximate surface area is 149 Å². The maximum absolute atomic E-state index is 11.7. The first-order valence-corrected chi connectivity index (χ1v) is 9.23. The fraction of sp³-hybridized carbons (Fsp3) is 0.529. The number of ether oxygens (including phenoxy) is 3. The fourth-order valence-corrected chi connectivity index (χ4v) is 4.03. The van der Waals surface area contributed by atoms with Gasteiger partial charge in [0, 0.05) is 23.5 Å². The van der Waals surface area contributed by atoms with Crippen LogP contribution in [0.2, 0.25) is 0 Å². The van der Waals surface area contributed by atoms with E-state index in [1.807, 2.05) is 0 Å². The molecule has 0 aliphatic heterocycles. The van der Waals surface area contributed by atoms with Crippen LogP contribution in [0.5, 0.6) is 5.88 Å². The molecule has 1 N–H and O–H groups in total. The molecule has 0 saturated carbocycles. The lowest BCUT2D eigenvalue weighted by Gasteiger charge is -2.22. The van der Waals surface area contributed by atoms with Crippen molar-refractivity contribution < 1.29 is 19.0 Å². The predicted molar refractivity (Wildman–Crippen MR) is 93.9 cm³/mol. The van der Waals surface area contributed by atoms with Gasteiger partial charge in [0.1, 0.15) is 0 Å². The van der Waals surface area contributed by atoms with E-state index >= 15 is 0 Å². The molecular formula is C17H21BrN2O4. The molecule has 0 radical (unpaired) electrons. The highest BCUT2D eigenvalue weighted by Crippen LogP contribution is 2.41. The summed E-state index contributed by atoms with van der Waals surface area (Å²) < 4.78 is 15.5. The number of aromatic amines is 1. The molecule has 0 saturated heterocycles. The van der Waals surface area contributed by atoms with E-state index in [1.54, 1.807) is 20.2 Å². The molecule has 2 heterocycles. The first-order valence-electron chi connectivity index (χ1n) is 8.11. The second kappa shape index (κ2) is 7.53. The van der Waals surface area contributed by atoms with Crippen LogP contribution in [0.25, 0.3) is 10.9 Å². The lowest BCUT2D eigenvalue weighted by molar-refractivity contribution is 0.101. The van der Waals surface area contributed by atoms with Crippen molar-refractivity contribution in [2.45, 2.75) is 38.7 Å². The highest BCUT2D eigenvalue weighted by molar-refractivity contribution is 9.09. The minimum absolute atomic E-state index is 0.253. The van der Waals surface area contributed by atoms with Crippen molar-refractivity contribution in [3.63, 3.8) is 0 Å². The van der Waals surface area contributed by atoms with Crippen molar-refractivity contribution in [2.24, 2.45) is 0 Å². The lowest BCUT2D eigenvalue weighted by atomic mass is 9.86. The average Bonchev–Trinajstić information content (AvgIpc) is 2.96. The van der Waals surface area contributed by atoms with Gasteiger partial charge < -0.3 is 19.2 Å². The smallest absolute Gasteiger partial charge is 0.434 e. The third kappa shape index (κ3) is 3.15. The molecule has 6 nitrogen and oxygen atoms in total. The van der Waals surface area contributed by atoms with E-state index in [2.05, 4.69) is 25.9 Å². The van der Waals surface area contributed by atoms with Crippen LogP contribution < -0.4 is 4.74 Å². The molecule has 7 heteroatoms. The van der Waals surface area contributed by atoms with Crippen molar-refractivity contribution in [2.75, 3.05) is 19.0 Å². The molecule has 1 aliphatic carbocycles. The van der Waals surface area contributed by atoms with Crippen molar-refractivity contribution in [1.82, 2.24) is 9.97 Å². The number of H-pyrrole nitrogens is 1. The van der Waals surface area contributed by atoms with Gasteiger partial charge in [-0.15, -0.1) is 0 Å². The van der Waals surface area contributed by atoms with Crippen LogP contribution in [0.4, 0.5) is 4.79 Å². The third-order valence-corrected chi connectivity index (χ3v) is 5.11. The van der Waals surface area contributed by atoms with Crippen molar-refractivity contribution in [3.05, 3.63) is 23.0 Å². The van der Waals surface area contributed by atoms with Gasteiger partial charge in [-0.25, -0.2) is 9.78 Å². The normalized spacial score (nSPS) is 16.9.